The van der Waals surface area contributed by atoms with Gasteiger partial charge in [-0.15, -0.1) is 0 Å². The van der Waals surface area contributed by atoms with Crippen LogP contribution in [0.2, 0.25) is 0 Å². The third kappa shape index (κ3) is 3.62. The van der Waals surface area contributed by atoms with Crippen molar-refractivity contribution in [1.82, 2.24) is 15.8 Å². The predicted octanol–water partition coefficient (Wildman–Crippen LogP) is 1.77. The third-order valence-electron chi connectivity index (χ3n) is 4.25. The summed E-state index contributed by atoms with van der Waals surface area (Å²) in [5.41, 5.74) is 7.13. The number of rotatable bonds is 5. The highest BCUT2D eigenvalue weighted by Gasteiger charge is 2.39. The summed E-state index contributed by atoms with van der Waals surface area (Å²) in [4.78, 5) is 41.9. The van der Waals surface area contributed by atoms with E-state index in [4.69, 9.17) is 0 Å². The van der Waals surface area contributed by atoms with Gasteiger partial charge < -0.3 is 0 Å². The maximum absolute atomic E-state index is 12.6. The smallest absolute Gasteiger partial charge is 0.266 e. The van der Waals surface area contributed by atoms with Gasteiger partial charge in [-0.1, -0.05) is 26.0 Å². The summed E-state index contributed by atoms with van der Waals surface area (Å²) in [6.07, 6.45) is 2.96. The molecule has 1 atom stereocenters. The summed E-state index contributed by atoms with van der Waals surface area (Å²) in [5.74, 6) is -0.747. The molecule has 1 aliphatic heterocycles. The van der Waals surface area contributed by atoms with E-state index in [1.54, 1.807) is 30.5 Å². The van der Waals surface area contributed by atoms with E-state index in [0.717, 1.165) is 10.5 Å². The molecule has 0 radical (unpaired) electrons. The minimum absolute atomic E-state index is 0.0158. The molecule has 0 saturated carbocycles. The van der Waals surface area contributed by atoms with E-state index < -0.39 is 17.9 Å². The van der Waals surface area contributed by atoms with Gasteiger partial charge in [0.1, 0.15) is 6.04 Å². The van der Waals surface area contributed by atoms with E-state index in [-0.39, 0.29) is 12.3 Å². The van der Waals surface area contributed by atoms with Crippen LogP contribution in [0.3, 0.4) is 0 Å². The Hall–Kier alpha value is -3.06. The van der Waals surface area contributed by atoms with Crippen LogP contribution in [0.1, 0.15) is 42.1 Å². The number of imide groups is 1. The first-order valence-corrected chi connectivity index (χ1v) is 8.40. The number of hydrogen-bond acceptors (Lipinski definition) is 5. The van der Waals surface area contributed by atoms with Crippen LogP contribution in [0, 0.1) is 0 Å². The molecule has 0 aliphatic carbocycles. The quantitative estimate of drug-likeness (QED) is 0.632. The first kappa shape index (κ1) is 17.8. The van der Waals surface area contributed by atoms with Gasteiger partial charge >= 0.3 is 0 Å². The van der Waals surface area contributed by atoms with Crippen molar-refractivity contribution in [2.75, 3.05) is 4.90 Å². The largest absolute Gasteiger partial charge is 0.287 e. The van der Waals surface area contributed by atoms with Crippen LogP contribution in [-0.2, 0) is 9.59 Å². The Labute approximate surface area is 151 Å². The average Bonchev–Trinajstić information content (AvgIpc) is 2.94. The average molecular weight is 352 g/mol. The van der Waals surface area contributed by atoms with Crippen molar-refractivity contribution < 1.29 is 14.4 Å². The molecular formula is C19H20N4O3. The van der Waals surface area contributed by atoms with Crippen LogP contribution in [0.25, 0.3) is 0 Å². The minimum atomic E-state index is -0.798. The fourth-order valence-electron chi connectivity index (χ4n) is 2.75. The van der Waals surface area contributed by atoms with Gasteiger partial charge in [0, 0.05) is 12.4 Å². The molecule has 1 aromatic heterocycles. The topological polar surface area (TPSA) is 91.4 Å². The molecule has 0 bridgehead atoms. The molecule has 1 saturated heterocycles. The first-order valence-electron chi connectivity index (χ1n) is 8.40. The van der Waals surface area contributed by atoms with Crippen LogP contribution in [0.5, 0.6) is 0 Å². The van der Waals surface area contributed by atoms with Crippen molar-refractivity contribution in [2.45, 2.75) is 32.2 Å². The number of benzene rings is 1. The van der Waals surface area contributed by atoms with Crippen LogP contribution < -0.4 is 15.8 Å². The van der Waals surface area contributed by atoms with Gasteiger partial charge in [-0.25, -0.2) is 10.3 Å². The van der Waals surface area contributed by atoms with Crippen molar-refractivity contribution >= 4 is 23.4 Å². The molecular weight excluding hydrogens is 332 g/mol. The monoisotopic (exact) mass is 352 g/mol. The van der Waals surface area contributed by atoms with E-state index in [9.17, 15) is 14.4 Å². The number of anilines is 1. The second kappa shape index (κ2) is 7.45. The Kier molecular flexibility index (Phi) is 5.09. The molecule has 1 fully saturated rings. The van der Waals surface area contributed by atoms with Crippen molar-refractivity contribution in [2.24, 2.45) is 0 Å². The first-order chi connectivity index (χ1) is 12.5. The van der Waals surface area contributed by atoms with E-state index >= 15 is 0 Å². The lowest BCUT2D eigenvalue weighted by Crippen LogP contribution is -2.48. The summed E-state index contributed by atoms with van der Waals surface area (Å²) in [6, 6.07) is 9.80. The summed E-state index contributed by atoms with van der Waals surface area (Å²) in [6.45, 7) is 4.15. The molecule has 3 rings (SSSR count). The van der Waals surface area contributed by atoms with Crippen LogP contribution in [0.4, 0.5) is 5.69 Å². The molecule has 134 valence electrons. The number of nitrogens with one attached hydrogen (secondary N) is 2. The highest BCUT2D eigenvalue weighted by atomic mass is 16.2. The number of amides is 3. The van der Waals surface area contributed by atoms with Crippen LogP contribution in [0.15, 0.2) is 48.8 Å². The lowest BCUT2D eigenvalue weighted by atomic mass is 10.0. The second-order valence-electron chi connectivity index (χ2n) is 6.41. The zero-order valence-corrected chi connectivity index (χ0v) is 14.6. The van der Waals surface area contributed by atoms with Crippen molar-refractivity contribution in [3.05, 3.63) is 59.9 Å². The highest BCUT2D eigenvalue weighted by molar-refractivity contribution is 6.22. The van der Waals surface area contributed by atoms with E-state index in [0.29, 0.717) is 17.2 Å². The number of nitrogens with zero attached hydrogens (tertiary/aromatic N) is 2. The number of hydrogen-bond donors (Lipinski definition) is 2. The zero-order valence-electron chi connectivity index (χ0n) is 14.6. The molecule has 1 aliphatic rings. The van der Waals surface area contributed by atoms with Gasteiger partial charge in [-0.2, -0.15) is 0 Å². The summed E-state index contributed by atoms with van der Waals surface area (Å²) >= 11 is 0. The Balaban J connectivity index is 1.66. The number of hydrazine groups is 1. The molecule has 26 heavy (non-hydrogen) atoms. The fourth-order valence-corrected chi connectivity index (χ4v) is 2.75. The summed E-state index contributed by atoms with van der Waals surface area (Å²) in [5, 5.41) is 0. The molecule has 2 heterocycles. The number of carbonyl (C=O) groups is 3. The lowest BCUT2D eigenvalue weighted by Gasteiger charge is -2.17. The van der Waals surface area contributed by atoms with Gasteiger partial charge in [0.15, 0.2) is 0 Å². The van der Waals surface area contributed by atoms with Gasteiger partial charge in [0.25, 0.3) is 11.8 Å². The van der Waals surface area contributed by atoms with Gasteiger partial charge in [-0.3, -0.25) is 24.8 Å². The minimum Gasteiger partial charge on any atom is -0.287 e. The van der Waals surface area contributed by atoms with Crippen LogP contribution >= 0.6 is 0 Å². The molecule has 0 spiro atoms. The molecule has 3 amide bonds. The number of carbonyl (C=O) groups excluding carboxylic acids is 3. The van der Waals surface area contributed by atoms with Gasteiger partial charge in [0.2, 0.25) is 5.91 Å². The van der Waals surface area contributed by atoms with E-state index in [1.807, 2.05) is 12.1 Å². The Morgan fingerprint density at radius 1 is 1.19 bits per heavy atom. The van der Waals surface area contributed by atoms with E-state index in [2.05, 4.69) is 29.7 Å². The predicted molar refractivity (Wildman–Crippen MR) is 96.3 cm³/mol. The SMILES string of the molecule is CC(C)c1ccc(N2C(=O)C[C@@H](NNC(=O)c3cccnc3)C2=O)cc1. The van der Waals surface area contributed by atoms with Crippen LogP contribution in [-0.4, -0.2) is 28.7 Å². The van der Waals surface area contributed by atoms with Crippen molar-refractivity contribution in [3.8, 4) is 0 Å². The Morgan fingerprint density at radius 3 is 2.54 bits per heavy atom. The molecule has 2 N–H and O–H groups in total. The van der Waals surface area contributed by atoms with E-state index in [1.165, 1.54) is 6.20 Å². The van der Waals surface area contributed by atoms with Gasteiger partial charge in [0.05, 0.1) is 17.7 Å². The normalized spacial score (nSPS) is 17.0. The maximum Gasteiger partial charge on any atom is 0.266 e. The summed E-state index contributed by atoms with van der Waals surface area (Å²) in [7, 11) is 0. The third-order valence-corrected chi connectivity index (χ3v) is 4.25. The molecule has 7 heteroatoms. The standard InChI is InChI=1S/C19H20N4O3/c1-12(2)13-5-7-15(8-6-13)23-17(24)10-16(19(23)26)21-22-18(25)14-4-3-9-20-11-14/h3-9,11-12,16,21H,10H2,1-2H3,(H,22,25)/t16-/m1/s1. The number of aromatic nitrogens is 1. The lowest BCUT2D eigenvalue weighted by molar-refractivity contribution is -0.121. The van der Waals surface area contributed by atoms with Gasteiger partial charge in [-0.05, 0) is 35.7 Å². The Bertz CT molecular complexity index is 818. The maximum atomic E-state index is 12.6. The molecule has 7 nitrogen and oxygen atoms in total. The fraction of sp³-hybridized carbons (Fsp3) is 0.263. The Morgan fingerprint density at radius 2 is 1.92 bits per heavy atom. The summed E-state index contributed by atoms with van der Waals surface area (Å²) < 4.78 is 0. The molecule has 1 aromatic carbocycles. The highest BCUT2D eigenvalue weighted by Crippen LogP contribution is 2.25. The zero-order chi connectivity index (χ0) is 18.7. The van der Waals surface area contributed by atoms with Crippen molar-refractivity contribution in [3.63, 3.8) is 0 Å². The second-order valence-corrected chi connectivity index (χ2v) is 6.41. The molecule has 0 unspecified atom stereocenters. The number of pyridine rings is 1. The molecule has 2 aromatic rings. The van der Waals surface area contributed by atoms with Crippen molar-refractivity contribution in [1.29, 1.82) is 0 Å².